The Kier molecular flexibility index (Phi) is 5.37. The topological polar surface area (TPSA) is 71.9 Å². The maximum Gasteiger partial charge on any atom is 0.338 e. The number of carbonyl (C=O) groups is 2. The fourth-order valence-electron chi connectivity index (χ4n) is 3.07. The number of ether oxygens (including phenoxy) is 1. The molecule has 1 aliphatic rings. The average molecular weight is 384 g/mol. The second-order valence-corrected chi connectivity index (χ2v) is 6.34. The summed E-state index contributed by atoms with van der Waals surface area (Å²) in [6.07, 6.45) is 1.62. The third-order valence-corrected chi connectivity index (χ3v) is 4.62. The molecule has 0 radical (unpaired) electrons. The van der Waals surface area contributed by atoms with Crippen molar-refractivity contribution in [2.24, 2.45) is 4.99 Å². The fraction of sp³-hybridized carbons (Fsp3) is 0.200. The third kappa shape index (κ3) is 3.48. The minimum absolute atomic E-state index is 0.264. The molecule has 27 heavy (non-hydrogen) atoms. The molecule has 0 spiro atoms. The Morgan fingerprint density at radius 3 is 2.44 bits per heavy atom. The van der Waals surface area contributed by atoms with Crippen LogP contribution in [0, 0.1) is 0 Å². The van der Waals surface area contributed by atoms with Gasteiger partial charge in [0.1, 0.15) is 11.7 Å². The largest absolute Gasteiger partial charge is 0.466 e. The van der Waals surface area contributed by atoms with Gasteiger partial charge in [-0.1, -0.05) is 35.9 Å². The molecule has 6 nitrogen and oxygen atoms in total. The van der Waals surface area contributed by atoms with E-state index in [4.69, 9.17) is 21.3 Å². The lowest BCUT2D eigenvalue weighted by Gasteiger charge is -2.32. The fourth-order valence-corrected chi connectivity index (χ4v) is 3.31. The maximum atomic E-state index is 12.5. The highest BCUT2D eigenvalue weighted by Crippen LogP contribution is 2.38. The molecule has 1 aromatic heterocycles. The number of allylic oxidation sites excluding steroid dienone is 1. The number of hydrogen-bond donors (Lipinski definition) is 0. The number of halogens is 1. The van der Waals surface area contributed by atoms with Gasteiger partial charge in [0.15, 0.2) is 5.84 Å². The van der Waals surface area contributed by atoms with Crippen LogP contribution in [0.4, 0.5) is 0 Å². The van der Waals surface area contributed by atoms with Gasteiger partial charge in [-0.15, -0.1) is 0 Å². The predicted octanol–water partition coefficient (Wildman–Crippen LogP) is 3.53. The Morgan fingerprint density at radius 2 is 1.85 bits per heavy atom. The van der Waals surface area contributed by atoms with Crippen molar-refractivity contribution in [3.63, 3.8) is 0 Å². The molecule has 1 aliphatic heterocycles. The second-order valence-electron chi connectivity index (χ2n) is 5.94. The lowest BCUT2D eigenvalue weighted by molar-refractivity contribution is -0.136. The molecular formula is C20H18ClN3O3. The van der Waals surface area contributed by atoms with Gasteiger partial charge in [-0.05, 0) is 25.1 Å². The monoisotopic (exact) mass is 383 g/mol. The first kappa shape index (κ1) is 18.8. The summed E-state index contributed by atoms with van der Waals surface area (Å²) in [5.41, 5.74) is 1.87. The Morgan fingerprint density at radius 1 is 1.15 bits per heavy atom. The van der Waals surface area contributed by atoms with Gasteiger partial charge in [0, 0.05) is 29.4 Å². The Bertz CT molecular complexity index is 954. The molecule has 0 bridgehead atoms. The van der Waals surface area contributed by atoms with Gasteiger partial charge in [-0.3, -0.25) is 19.7 Å². The van der Waals surface area contributed by atoms with Gasteiger partial charge in [-0.25, -0.2) is 4.79 Å². The van der Waals surface area contributed by atoms with E-state index in [9.17, 15) is 9.59 Å². The lowest BCUT2D eigenvalue weighted by Crippen LogP contribution is -2.40. The SMILES string of the molecule is COC(=O)C1=C(C)N(C(C)=O)C(c2ccccn2)=NC1c1ccccc1Cl. The molecule has 0 saturated heterocycles. The van der Waals surface area contributed by atoms with E-state index in [-0.39, 0.29) is 11.5 Å². The van der Waals surface area contributed by atoms with Gasteiger partial charge < -0.3 is 4.74 Å². The summed E-state index contributed by atoms with van der Waals surface area (Å²) in [5.74, 6) is -0.485. The van der Waals surface area contributed by atoms with Crippen LogP contribution in [0.15, 0.2) is 64.9 Å². The molecule has 0 N–H and O–H groups in total. The number of amidine groups is 1. The number of amides is 1. The lowest BCUT2D eigenvalue weighted by atomic mass is 9.95. The summed E-state index contributed by atoms with van der Waals surface area (Å²) in [6, 6.07) is 11.8. The maximum absolute atomic E-state index is 12.5. The van der Waals surface area contributed by atoms with E-state index in [1.165, 1.54) is 18.9 Å². The summed E-state index contributed by atoms with van der Waals surface area (Å²) in [6.45, 7) is 3.10. The standard InChI is InChI=1S/C20H18ClN3O3/c1-12-17(20(26)27-3)18(14-8-4-5-9-15(14)21)23-19(24(12)13(2)25)16-10-6-7-11-22-16/h4-11,18H,1-3H3. The predicted molar refractivity (Wildman–Crippen MR) is 102 cm³/mol. The van der Waals surface area contributed by atoms with Crippen molar-refractivity contribution >= 4 is 29.3 Å². The zero-order chi connectivity index (χ0) is 19.6. The quantitative estimate of drug-likeness (QED) is 0.760. The molecule has 2 aromatic rings. The molecule has 0 fully saturated rings. The van der Waals surface area contributed by atoms with Crippen molar-refractivity contribution in [2.75, 3.05) is 7.11 Å². The molecule has 2 heterocycles. The Balaban J connectivity index is 2.27. The van der Waals surface area contributed by atoms with E-state index < -0.39 is 12.0 Å². The highest BCUT2D eigenvalue weighted by Gasteiger charge is 2.37. The first-order chi connectivity index (χ1) is 13.0. The minimum atomic E-state index is -0.709. The minimum Gasteiger partial charge on any atom is -0.466 e. The summed E-state index contributed by atoms with van der Waals surface area (Å²) in [4.78, 5) is 35.3. The van der Waals surface area contributed by atoms with E-state index >= 15 is 0 Å². The molecule has 7 heteroatoms. The van der Waals surface area contributed by atoms with Crippen LogP contribution in [-0.2, 0) is 14.3 Å². The number of benzene rings is 1. The first-order valence-corrected chi connectivity index (χ1v) is 8.67. The summed E-state index contributed by atoms with van der Waals surface area (Å²) in [5, 5.41) is 0.470. The normalized spacial score (nSPS) is 16.8. The smallest absolute Gasteiger partial charge is 0.338 e. The molecule has 1 amide bonds. The van der Waals surface area contributed by atoms with E-state index in [0.29, 0.717) is 27.8 Å². The molecule has 0 aliphatic carbocycles. The Hall–Kier alpha value is -2.99. The first-order valence-electron chi connectivity index (χ1n) is 8.29. The van der Waals surface area contributed by atoms with Crippen LogP contribution in [0.2, 0.25) is 5.02 Å². The number of methoxy groups -OCH3 is 1. The van der Waals surface area contributed by atoms with E-state index in [1.807, 2.05) is 12.1 Å². The zero-order valence-electron chi connectivity index (χ0n) is 15.1. The van der Waals surface area contributed by atoms with Crippen molar-refractivity contribution in [3.05, 3.63) is 76.2 Å². The molecule has 1 unspecified atom stereocenters. The van der Waals surface area contributed by atoms with Crippen LogP contribution in [0.3, 0.4) is 0 Å². The van der Waals surface area contributed by atoms with Crippen LogP contribution < -0.4 is 0 Å². The molecule has 1 atom stereocenters. The number of carbonyl (C=O) groups excluding carboxylic acids is 2. The van der Waals surface area contributed by atoms with Gasteiger partial charge in [-0.2, -0.15) is 0 Å². The number of aliphatic imine (C=N–C) groups is 1. The van der Waals surface area contributed by atoms with Gasteiger partial charge in [0.2, 0.25) is 5.91 Å². The number of rotatable bonds is 3. The highest BCUT2D eigenvalue weighted by molar-refractivity contribution is 6.31. The van der Waals surface area contributed by atoms with Crippen LogP contribution in [0.25, 0.3) is 0 Å². The van der Waals surface area contributed by atoms with Crippen LogP contribution in [0.5, 0.6) is 0 Å². The van der Waals surface area contributed by atoms with E-state index in [0.717, 1.165) is 0 Å². The number of aromatic nitrogens is 1. The van der Waals surface area contributed by atoms with Crippen LogP contribution >= 0.6 is 11.6 Å². The van der Waals surface area contributed by atoms with Gasteiger partial charge >= 0.3 is 5.97 Å². The summed E-state index contributed by atoms with van der Waals surface area (Å²) < 4.78 is 4.96. The number of esters is 1. The van der Waals surface area contributed by atoms with Crippen molar-refractivity contribution in [1.29, 1.82) is 0 Å². The molecule has 0 saturated carbocycles. The summed E-state index contributed by atoms with van der Waals surface area (Å²) >= 11 is 6.37. The van der Waals surface area contributed by atoms with Crippen LogP contribution in [-0.4, -0.2) is 34.7 Å². The van der Waals surface area contributed by atoms with Gasteiger partial charge in [0.05, 0.1) is 12.7 Å². The van der Waals surface area contributed by atoms with Crippen molar-refractivity contribution < 1.29 is 14.3 Å². The zero-order valence-corrected chi connectivity index (χ0v) is 15.9. The van der Waals surface area contributed by atoms with Crippen molar-refractivity contribution in [2.45, 2.75) is 19.9 Å². The van der Waals surface area contributed by atoms with Gasteiger partial charge in [0.25, 0.3) is 0 Å². The number of nitrogens with zero attached hydrogens (tertiary/aromatic N) is 3. The second kappa shape index (κ2) is 7.72. The van der Waals surface area contributed by atoms with Crippen molar-refractivity contribution in [1.82, 2.24) is 9.88 Å². The third-order valence-electron chi connectivity index (χ3n) is 4.28. The molecule has 1 aromatic carbocycles. The molecule has 3 rings (SSSR count). The van der Waals surface area contributed by atoms with Crippen LogP contribution in [0.1, 0.15) is 31.1 Å². The molecular weight excluding hydrogens is 366 g/mol. The van der Waals surface area contributed by atoms with E-state index in [2.05, 4.69) is 4.98 Å². The number of hydrogen-bond acceptors (Lipinski definition) is 5. The highest BCUT2D eigenvalue weighted by atomic mass is 35.5. The number of pyridine rings is 1. The summed E-state index contributed by atoms with van der Waals surface area (Å²) in [7, 11) is 1.29. The molecule has 138 valence electrons. The van der Waals surface area contributed by atoms with Crippen molar-refractivity contribution in [3.8, 4) is 0 Å². The average Bonchev–Trinajstić information content (AvgIpc) is 2.67. The Labute approximate surface area is 162 Å². The van der Waals surface area contributed by atoms with E-state index in [1.54, 1.807) is 43.5 Å².